The highest BCUT2D eigenvalue weighted by Gasteiger charge is 2.28. The maximum atomic E-state index is 11.8. The predicted molar refractivity (Wildman–Crippen MR) is 51.7 cm³/mol. The summed E-state index contributed by atoms with van der Waals surface area (Å²) in [6.45, 7) is 1.69. The molecule has 5 heteroatoms. The second-order valence-electron chi connectivity index (χ2n) is 3.60. The van der Waals surface area contributed by atoms with Crippen LogP contribution in [-0.4, -0.2) is 41.0 Å². The topological polar surface area (TPSA) is 50.2 Å². The number of aromatic nitrogens is 2. The van der Waals surface area contributed by atoms with E-state index in [0.29, 0.717) is 0 Å². The van der Waals surface area contributed by atoms with E-state index in [0.717, 1.165) is 18.9 Å². The average molecular weight is 194 g/mol. The molecule has 0 bridgehead atoms. The van der Waals surface area contributed by atoms with Gasteiger partial charge in [0.1, 0.15) is 11.9 Å². The minimum atomic E-state index is -0.284. The number of nitrogens with one attached hydrogen (secondary N) is 1. The Labute approximate surface area is 82.7 Å². The van der Waals surface area contributed by atoms with E-state index in [1.807, 2.05) is 10.8 Å². The number of rotatable bonds is 1. The molecule has 1 aliphatic rings. The highest BCUT2D eigenvalue weighted by Crippen LogP contribution is 2.16. The lowest BCUT2D eigenvalue weighted by Gasteiger charge is -2.26. The monoisotopic (exact) mass is 194 g/mol. The summed E-state index contributed by atoms with van der Waals surface area (Å²) >= 11 is 0. The van der Waals surface area contributed by atoms with Crippen LogP contribution in [0.2, 0.25) is 0 Å². The van der Waals surface area contributed by atoms with Gasteiger partial charge in [0.15, 0.2) is 0 Å². The number of hydrogen-bond donors (Lipinski definition) is 1. The Balaban J connectivity index is 2.28. The maximum Gasteiger partial charge on any atom is 0.247 e. The van der Waals surface area contributed by atoms with E-state index in [-0.39, 0.29) is 11.9 Å². The van der Waals surface area contributed by atoms with Crippen molar-refractivity contribution in [1.29, 1.82) is 0 Å². The van der Waals surface area contributed by atoms with Gasteiger partial charge < -0.3 is 9.47 Å². The van der Waals surface area contributed by atoms with Gasteiger partial charge in [-0.1, -0.05) is 0 Å². The summed E-state index contributed by atoms with van der Waals surface area (Å²) in [5, 5.41) is 3.17. The lowest BCUT2D eigenvalue weighted by molar-refractivity contribution is -0.131. The second kappa shape index (κ2) is 3.42. The number of carbonyl (C=O) groups is 1. The first-order valence-electron chi connectivity index (χ1n) is 4.65. The predicted octanol–water partition coefficient (Wildman–Crippen LogP) is -0.384. The zero-order valence-electron chi connectivity index (χ0n) is 8.40. The molecule has 14 heavy (non-hydrogen) atoms. The molecular formula is C9H14N4O. The normalized spacial score (nSPS) is 20.3. The van der Waals surface area contributed by atoms with Crippen molar-refractivity contribution in [2.45, 2.75) is 12.6 Å². The van der Waals surface area contributed by atoms with Crippen LogP contribution in [0.1, 0.15) is 11.9 Å². The number of fused-ring (bicyclic) bond motifs is 1. The van der Waals surface area contributed by atoms with Gasteiger partial charge in [0.2, 0.25) is 5.91 Å². The molecule has 1 aliphatic heterocycles. The molecule has 2 heterocycles. The molecule has 0 saturated carbocycles. The molecule has 1 aromatic heterocycles. The lowest BCUT2D eigenvalue weighted by Crippen LogP contribution is -2.42. The van der Waals surface area contributed by atoms with E-state index in [1.165, 1.54) is 0 Å². The van der Waals surface area contributed by atoms with Gasteiger partial charge in [0, 0.05) is 39.6 Å². The van der Waals surface area contributed by atoms with Crippen LogP contribution in [-0.2, 0) is 11.3 Å². The van der Waals surface area contributed by atoms with Gasteiger partial charge in [0.05, 0.1) is 0 Å². The second-order valence-corrected chi connectivity index (χ2v) is 3.60. The first-order chi connectivity index (χ1) is 6.70. The molecule has 1 amide bonds. The highest BCUT2D eigenvalue weighted by molar-refractivity contribution is 5.82. The number of nitrogens with zero attached hydrogens (tertiary/aromatic N) is 3. The Bertz CT molecular complexity index is 344. The Morgan fingerprint density at radius 3 is 3.21 bits per heavy atom. The molecule has 1 aromatic rings. The molecule has 0 aromatic carbocycles. The van der Waals surface area contributed by atoms with Crippen molar-refractivity contribution in [3.63, 3.8) is 0 Å². The van der Waals surface area contributed by atoms with E-state index in [4.69, 9.17) is 0 Å². The quantitative estimate of drug-likeness (QED) is 0.662. The van der Waals surface area contributed by atoms with Crippen molar-refractivity contribution in [1.82, 2.24) is 19.8 Å². The third-order valence-electron chi connectivity index (χ3n) is 2.39. The fraction of sp³-hybridized carbons (Fsp3) is 0.556. The van der Waals surface area contributed by atoms with Crippen molar-refractivity contribution >= 4 is 5.91 Å². The molecular weight excluding hydrogens is 180 g/mol. The molecule has 0 fully saturated rings. The highest BCUT2D eigenvalue weighted by atomic mass is 16.2. The number of imidazole rings is 1. The van der Waals surface area contributed by atoms with Gasteiger partial charge in [-0.25, -0.2) is 4.98 Å². The Morgan fingerprint density at radius 1 is 1.71 bits per heavy atom. The van der Waals surface area contributed by atoms with Gasteiger partial charge in [0.25, 0.3) is 0 Å². The van der Waals surface area contributed by atoms with Crippen LogP contribution >= 0.6 is 0 Å². The minimum absolute atomic E-state index is 0.0529. The van der Waals surface area contributed by atoms with Crippen molar-refractivity contribution in [3.8, 4) is 0 Å². The SMILES string of the molecule is CN(C)C(=O)C1NCCn2ccnc21. The van der Waals surface area contributed by atoms with Crippen molar-refractivity contribution < 1.29 is 4.79 Å². The fourth-order valence-corrected chi connectivity index (χ4v) is 1.65. The first kappa shape index (κ1) is 9.21. The summed E-state index contributed by atoms with van der Waals surface area (Å²) in [6.07, 6.45) is 3.64. The van der Waals surface area contributed by atoms with Crippen LogP contribution in [0.15, 0.2) is 12.4 Å². The van der Waals surface area contributed by atoms with Gasteiger partial charge >= 0.3 is 0 Å². The van der Waals surface area contributed by atoms with Crippen LogP contribution in [0.3, 0.4) is 0 Å². The molecule has 0 saturated heterocycles. The van der Waals surface area contributed by atoms with Gasteiger partial charge in [-0.15, -0.1) is 0 Å². The van der Waals surface area contributed by atoms with Crippen molar-refractivity contribution in [3.05, 3.63) is 18.2 Å². The van der Waals surface area contributed by atoms with Gasteiger partial charge in [-0.05, 0) is 0 Å². The Morgan fingerprint density at radius 2 is 2.50 bits per heavy atom. The molecule has 1 atom stereocenters. The molecule has 0 aliphatic carbocycles. The summed E-state index contributed by atoms with van der Waals surface area (Å²) in [5.41, 5.74) is 0. The first-order valence-corrected chi connectivity index (χ1v) is 4.65. The van der Waals surface area contributed by atoms with Gasteiger partial charge in [-0.3, -0.25) is 10.1 Å². The summed E-state index contributed by atoms with van der Waals surface area (Å²) in [6, 6.07) is -0.284. The summed E-state index contributed by atoms with van der Waals surface area (Å²) in [4.78, 5) is 17.5. The van der Waals surface area contributed by atoms with Crippen LogP contribution < -0.4 is 5.32 Å². The molecule has 1 N–H and O–H groups in total. The number of likely N-dealkylation sites (N-methyl/N-ethyl adjacent to an activating group) is 1. The molecule has 0 spiro atoms. The average Bonchev–Trinajstić information content (AvgIpc) is 2.63. The summed E-state index contributed by atoms with van der Waals surface area (Å²) < 4.78 is 2.02. The maximum absolute atomic E-state index is 11.8. The van der Waals surface area contributed by atoms with E-state index in [9.17, 15) is 4.79 Å². The molecule has 0 radical (unpaired) electrons. The third-order valence-corrected chi connectivity index (χ3v) is 2.39. The summed E-state index contributed by atoms with van der Waals surface area (Å²) in [5.74, 6) is 0.868. The zero-order chi connectivity index (χ0) is 10.1. The van der Waals surface area contributed by atoms with Crippen molar-refractivity contribution in [2.24, 2.45) is 0 Å². The molecule has 1 unspecified atom stereocenters. The Hall–Kier alpha value is -1.36. The number of carbonyl (C=O) groups excluding carboxylic acids is 1. The smallest absolute Gasteiger partial charge is 0.247 e. The van der Waals surface area contributed by atoms with E-state index in [2.05, 4.69) is 10.3 Å². The standard InChI is InChI=1S/C9H14N4O/c1-12(2)9(14)7-8-11-4-6-13(8)5-3-10-7/h4,6-7,10H,3,5H2,1-2H3. The summed E-state index contributed by atoms with van der Waals surface area (Å²) in [7, 11) is 3.51. The van der Waals surface area contributed by atoms with Crippen LogP contribution in [0.5, 0.6) is 0 Å². The molecule has 5 nitrogen and oxygen atoms in total. The zero-order valence-corrected chi connectivity index (χ0v) is 8.40. The minimum Gasteiger partial charge on any atom is -0.347 e. The molecule has 2 rings (SSSR count). The van der Waals surface area contributed by atoms with Crippen LogP contribution in [0, 0.1) is 0 Å². The Kier molecular flexibility index (Phi) is 2.25. The third kappa shape index (κ3) is 1.39. The van der Waals surface area contributed by atoms with E-state index in [1.54, 1.807) is 25.2 Å². The molecule has 76 valence electrons. The van der Waals surface area contributed by atoms with E-state index >= 15 is 0 Å². The van der Waals surface area contributed by atoms with E-state index < -0.39 is 0 Å². The van der Waals surface area contributed by atoms with Crippen LogP contribution in [0.4, 0.5) is 0 Å². The lowest BCUT2D eigenvalue weighted by atomic mass is 10.2. The number of hydrogen-bond acceptors (Lipinski definition) is 3. The van der Waals surface area contributed by atoms with Crippen molar-refractivity contribution in [2.75, 3.05) is 20.6 Å². The van der Waals surface area contributed by atoms with Gasteiger partial charge in [-0.2, -0.15) is 0 Å². The largest absolute Gasteiger partial charge is 0.347 e. The van der Waals surface area contributed by atoms with Crippen LogP contribution in [0.25, 0.3) is 0 Å². The fourth-order valence-electron chi connectivity index (χ4n) is 1.65. The number of amides is 1.